The van der Waals surface area contributed by atoms with Crippen LogP contribution in [-0.2, 0) is 0 Å². The average molecular weight is 209 g/mol. The Morgan fingerprint density at radius 3 is 2.27 bits per heavy atom. The molecule has 0 aromatic rings. The van der Waals surface area contributed by atoms with Crippen LogP contribution in [-0.4, -0.2) is 6.04 Å². The van der Waals surface area contributed by atoms with Crippen molar-refractivity contribution in [3.8, 4) is 0 Å². The Kier molecular flexibility index (Phi) is 3.39. The Labute approximate surface area is 94.8 Å². The van der Waals surface area contributed by atoms with E-state index < -0.39 is 0 Å². The molecule has 2 bridgehead atoms. The Bertz CT molecular complexity index is 201. The van der Waals surface area contributed by atoms with Crippen LogP contribution in [0.3, 0.4) is 0 Å². The van der Waals surface area contributed by atoms with E-state index in [1.54, 1.807) is 0 Å². The number of fused-ring (bicyclic) bond motifs is 2. The minimum Gasteiger partial charge on any atom is -0.328 e. The SMILES string of the molecule is CC(C)C(CC1CC2CCC1C2)C(C)N. The molecule has 2 fully saturated rings. The van der Waals surface area contributed by atoms with Crippen LogP contribution in [0.15, 0.2) is 0 Å². The predicted octanol–water partition coefficient (Wildman–Crippen LogP) is 3.43. The van der Waals surface area contributed by atoms with Gasteiger partial charge >= 0.3 is 0 Å². The van der Waals surface area contributed by atoms with Crippen molar-refractivity contribution >= 4 is 0 Å². The molecule has 5 unspecified atom stereocenters. The Balaban J connectivity index is 1.90. The lowest BCUT2D eigenvalue weighted by Crippen LogP contribution is -2.33. The van der Waals surface area contributed by atoms with E-state index in [1.165, 1.54) is 32.1 Å². The van der Waals surface area contributed by atoms with Crippen molar-refractivity contribution in [3.05, 3.63) is 0 Å². The van der Waals surface area contributed by atoms with E-state index in [9.17, 15) is 0 Å². The van der Waals surface area contributed by atoms with Gasteiger partial charge in [-0.3, -0.25) is 0 Å². The van der Waals surface area contributed by atoms with Crippen LogP contribution in [0.25, 0.3) is 0 Å². The van der Waals surface area contributed by atoms with Crippen molar-refractivity contribution in [2.75, 3.05) is 0 Å². The third kappa shape index (κ3) is 2.38. The maximum atomic E-state index is 6.11. The first-order valence-electron chi connectivity index (χ1n) is 6.83. The van der Waals surface area contributed by atoms with E-state index in [0.29, 0.717) is 6.04 Å². The highest BCUT2D eigenvalue weighted by atomic mass is 14.6. The van der Waals surface area contributed by atoms with Crippen LogP contribution >= 0.6 is 0 Å². The van der Waals surface area contributed by atoms with E-state index in [0.717, 1.165) is 29.6 Å². The maximum Gasteiger partial charge on any atom is 0.00413 e. The molecular weight excluding hydrogens is 182 g/mol. The summed E-state index contributed by atoms with van der Waals surface area (Å²) in [6.45, 7) is 6.86. The molecule has 5 atom stereocenters. The Hall–Kier alpha value is -0.0400. The average Bonchev–Trinajstić information content (AvgIpc) is 2.73. The van der Waals surface area contributed by atoms with Gasteiger partial charge in [-0.1, -0.05) is 20.3 Å². The van der Waals surface area contributed by atoms with Crippen molar-refractivity contribution in [2.45, 2.75) is 58.9 Å². The topological polar surface area (TPSA) is 26.0 Å². The van der Waals surface area contributed by atoms with Gasteiger partial charge in [-0.25, -0.2) is 0 Å². The molecule has 2 saturated carbocycles. The monoisotopic (exact) mass is 209 g/mol. The first-order chi connectivity index (χ1) is 7.08. The number of hydrogen-bond donors (Lipinski definition) is 1. The molecule has 1 heteroatoms. The van der Waals surface area contributed by atoms with E-state index in [4.69, 9.17) is 5.73 Å². The van der Waals surface area contributed by atoms with Gasteiger partial charge in [0.25, 0.3) is 0 Å². The predicted molar refractivity (Wildman–Crippen MR) is 65.5 cm³/mol. The van der Waals surface area contributed by atoms with Gasteiger partial charge in [-0.05, 0) is 62.2 Å². The summed E-state index contributed by atoms with van der Waals surface area (Å²) in [6, 6.07) is 0.379. The second-order valence-corrected chi connectivity index (χ2v) is 6.44. The normalized spacial score (nSPS) is 38.6. The van der Waals surface area contributed by atoms with E-state index in [2.05, 4.69) is 20.8 Å². The van der Waals surface area contributed by atoms with E-state index in [-0.39, 0.29) is 0 Å². The van der Waals surface area contributed by atoms with Gasteiger partial charge in [0.2, 0.25) is 0 Å². The van der Waals surface area contributed by atoms with Crippen LogP contribution in [0, 0.1) is 29.6 Å². The van der Waals surface area contributed by atoms with Crippen LogP contribution in [0.2, 0.25) is 0 Å². The molecule has 15 heavy (non-hydrogen) atoms. The summed E-state index contributed by atoms with van der Waals surface area (Å²) in [7, 11) is 0. The van der Waals surface area contributed by atoms with Gasteiger partial charge in [0, 0.05) is 6.04 Å². The lowest BCUT2D eigenvalue weighted by molar-refractivity contribution is 0.211. The molecule has 0 aliphatic heterocycles. The minimum absolute atomic E-state index is 0.379. The summed E-state index contributed by atoms with van der Waals surface area (Å²) < 4.78 is 0. The summed E-state index contributed by atoms with van der Waals surface area (Å²) in [5, 5.41) is 0. The second-order valence-electron chi connectivity index (χ2n) is 6.44. The molecule has 0 aromatic carbocycles. The van der Waals surface area contributed by atoms with Gasteiger partial charge < -0.3 is 5.73 Å². The fourth-order valence-corrected chi connectivity index (χ4v) is 4.11. The Morgan fingerprint density at radius 2 is 1.87 bits per heavy atom. The summed E-state index contributed by atoms with van der Waals surface area (Å²) >= 11 is 0. The van der Waals surface area contributed by atoms with Crippen molar-refractivity contribution in [1.29, 1.82) is 0 Å². The molecule has 0 spiro atoms. The third-order valence-electron chi connectivity index (χ3n) is 4.99. The molecular formula is C14H27N. The molecule has 0 amide bonds. The summed E-state index contributed by atoms with van der Waals surface area (Å²) in [5.74, 6) is 4.66. The van der Waals surface area contributed by atoms with Gasteiger partial charge in [-0.2, -0.15) is 0 Å². The fourth-order valence-electron chi connectivity index (χ4n) is 4.11. The Morgan fingerprint density at radius 1 is 1.13 bits per heavy atom. The van der Waals surface area contributed by atoms with Crippen molar-refractivity contribution in [1.82, 2.24) is 0 Å². The zero-order valence-electron chi connectivity index (χ0n) is 10.6. The number of rotatable bonds is 4. The first-order valence-corrected chi connectivity index (χ1v) is 6.83. The maximum absolute atomic E-state index is 6.11. The molecule has 88 valence electrons. The van der Waals surface area contributed by atoms with Crippen molar-refractivity contribution < 1.29 is 0 Å². The summed E-state index contributed by atoms with van der Waals surface area (Å²) in [4.78, 5) is 0. The molecule has 2 aliphatic rings. The zero-order chi connectivity index (χ0) is 11.0. The summed E-state index contributed by atoms with van der Waals surface area (Å²) in [5.41, 5.74) is 6.11. The van der Waals surface area contributed by atoms with Gasteiger partial charge in [0.1, 0.15) is 0 Å². The molecule has 0 heterocycles. The van der Waals surface area contributed by atoms with Crippen LogP contribution in [0.5, 0.6) is 0 Å². The molecule has 2 rings (SSSR count). The van der Waals surface area contributed by atoms with Gasteiger partial charge in [0.15, 0.2) is 0 Å². The molecule has 0 aromatic heterocycles. The van der Waals surface area contributed by atoms with E-state index >= 15 is 0 Å². The summed E-state index contributed by atoms with van der Waals surface area (Å²) in [6.07, 6.45) is 7.48. The lowest BCUT2D eigenvalue weighted by Gasteiger charge is -2.31. The zero-order valence-corrected chi connectivity index (χ0v) is 10.6. The highest BCUT2D eigenvalue weighted by Gasteiger charge is 2.40. The van der Waals surface area contributed by atoms with Gasteiger partial charge in [-0.15, -0.1) is 0 Å². The van der Waals surface area contributed by atoms with Crippen molar-refractivity contribution in [3.63, 3.8) is 0 Å². The molecule has 0 saturated heterocycles. The van der Waals surface area contributed by atoms with Crippen molar-refractivity contribution in [2.24, 2.45) is 35.3 Å². The smallest absolute Gasteiger partial charge is 0.00413 e. The first kappa shape index (κ1) is 11.4. The number of nitrogens with two attached hydrogens (primary N) is 1. The highest BCUT2D eigenvalue weighted by Crippen LogP contribution is 2.51. The van der Waals surface area contributed by atoms with Gasteiger partial charge in [0.05, 0.1) is 0 Å². The minimum atomic E-state index is 0.379. The largest absolute Gasteiger partial charge is 0.328 e. The fraction of sp³-hybridized carbons (Fsp3) is 1.00. The van der Waals surface area contributed by atoms with Crippen LogP contribution < -0.4 is 5.73 Å². The highest BCUT2D eigenvalue weighted by molar-refractivity contribution is 4.91. The van der Waals surface area contributed by atoms with Crippen LogP contribution in [0.4, 0.5) is 0 Å². The molecule has 2 aliphatic carbocycles. The standard InChI is InChI=1S/C14H27N/c1-9(2)14(10(3)15)8-13-7-11-4-5-12(13)6-11/h9-14H,4-8,15H2,1-3H3. The number of hydrogen-bond acceptors (Lipinski definition) is 1. The third-order valence-corrected chi connectivity index (χ3v) is 4.99. The molecule has 1 nitrogen and oxygen atoms in total. The van der Waals surface area contributed by atoms with Crippen LogP contribution in [0.1, 0.15) is 52.9 Å². The second kappa shape index (κ2) is 4.45. The lowest BCUT2D eigenvalue weighted by atomic mass is 9.76. The molecule has 2 N–H and O–H groups in total. The van der Waals surface area contributed by atoms with E-state index in [1.807, 2.05) is 0 Å². The molecule has 0 radical (unpaired) electrons. The quantitative estimate of drug-likeness (QED) is 0.754.